The van der Waals surface area contributed by atoms with Gasteiger partial charge in [-0.15, -0.1) is 10.2 Å². The van der Waals surface area contributed by atoms with Gasteiger partial charge in [0, 0.05) is 11.1 Å². The van der Waals surface area contributed by atoms with Crippen molar-refractivity contribution in [2.45, 2.75) is 38.3 Å². The Hall–Kier alpha value is -2.60. The highest BCUT2D eigenvalue weighted by Crippen LogP contribution is 2.26. The molecule has 2 aromatic carbocycles. The first-order chi connectivity index (χ1) is 13.4. The van der Waals surface area contributed by atoms with Crippen molar-refractivity contribution in [3.05, 3.63) is 59.7 Å². The Bertz CT molecular complexity index is 926. The summed E-state index contributed by atoms with van der Waals surface area (Å²) in [7, 11) is 0. The van der Waals surface area contributed by atoms with Crippen molar-refractivity contribution in [2.75, 3.05) is 12.4 Å². The standard InChI is InChI=1S/C22H24N2O3S/c1-5-26-18-12-8-16(9-13-18)20-23-24-21(27-20)28-14-19(25)15-6-10-17(11-7-15)22(2,3)4/h6-13H,5,14H2,1-4H3. The molecular formula is C22H24N2O3S. The van der Waals surface area contributed by atoms with Crippen LogP contribution in [0.1, 0.15) is 43.6 Å². The molecular weight excluding hydrogens is 372 g/mol. The Morgan fingerprint density at radius 1 is 1.04 bits per heavy atom. The van der Waals surface area contributed by atoms with E-state index < -0.39 is 0 Å². The number of ether oxygens (including phenoxy) is 1. The number of benzene rings is 2. The van der Waals surface area contributed by atoms with Crippen molar-refractivity contribution in [1.29, 1.82) is 0 Å². The molecule has 5 nitrogen and oxygen atoms in total. The fourth-order valence-corrected chi connectivity index (χ4v) is 3.27. The molecule has 1 heterocycles. The van der Waals surface area contributed by atoms with Gasteiger partial charge in [0.05, 0.1) is 12.4 Å². The fraction of sp³-hybridized carbons (Fsp3) is 0.318. The number of rotatable bonds is 7. The predicted molar refractivity (Wildman–Crippen MR) is 111 cm³/mol. The molecule has 0 saturated heterocycles. The van der Waals surface area contributed by atoms with Gasteiger partial charge >= 0.3 is 0 Å². The summed E-state index contributed by atoms with van der Waals surface area (Å²) >= 11 is 1.25. The van der Waals surface area contributed by atoms with E-state index >= 15 is 0 Å². The van der Waals surface area contributed by atoms with Crippen molar-refractivity contribution in [3.63, 3.8) is 0 Å². The molecule has 6 heteroatoms. The number of hydrogen-bond donors (Lipinski definition) is 0. The van der Waals surface area contributed by atoms with E-state index in [0.717, 1.165) is 11.3 Å². The molecule has 0 unspecified atom stereocenters. The lowest BCUT2D eigenvalue weighted by molar-refractivity contribution is 0.102. The lowest BCUT2D eigenvalue weighted by atomic mass is 9.86. The third kappa shape index (κ3) is 5.01. The molecule has 0 amide bonds. The van der Waals surface area contributed by atoms with Gasteiger partial charge in [-0.25, -0.2) is 0 Å². The zero-order chi connectivity index (χ0) is 20.1. The third-order valence-electron chi connectivity index (χ3n) is 4.22. The van der Waals surface area contributed by atoms with E-state index in [1.54, 1.807) is 0 Å². The highest BCUT2D eigenvalue weighted by Gasteiger charge is 2.16. The number of aromatic nitrogens is 2. The van der Waals surface area contributed by atoms with Crippen molar-refractivity contribution < 1.29 is 13.9 Å². The second kappa shape index (κ2) is 8.61. The quantitative estimate of drug-likeness (QED) is 0.393. The number of ketones is 1. The summed E-state index contributed by atoms with van der Waals surface area (Å²) in [5.74, 6) is 1.50. The molecule has 0 aliphatic carbocycles. The van der Waals surface area contributed by atoms with Crippen LogP contribution in [0, 0.1) is 0 Å². The average Bonchev–Trinajstić information content (AvgIpc) is 3.15. The van der Waals surface area contributed by atoms with E-state index in [-0.39, 0.29) is 17.0 Å². The minimum Gasteiger partial charge on any atom is -0.494 e. The van der Waals surface area contributed by atoms with E-state index in [9.17, 15) is 4.79 Å². The Morgan fingerprint density at radius 3 is 2.32 bits per heavy atom. The molecule has 3 aromatic rings. The second-order valence-corrected chi connectivity index (χ2v) is 8.30. The van der Waals surface area contributed by atoms with Crippen LogP contribution in [0.4, 0.5) is 0 Å². The van der Waals surface area contributed by atoms with Crippen LogP contribution >= 0.6 is 11.8 Å². The SMILES string of the molecule is CCOc1ccc(-c2nnc(SCC(=O)c3ccc(C(C)(C)C)cc3)o2)cc1. The number of hydrogen-bond acceptors (Lipinski definition) is 6. The van der Waals surface area contributed by atoms with E-state index in [1.807, 2.05) is 55.5 Å². The van der Waals surface area contributed by atoms with Crippen LogP contribution in [0.15, 0.2) is 58.2 Å². The molecule has 0 atom stereocenters. The number of carbonyl (C=O) groups is 1. The maximum absolute atomic E-state index is 12.4. The highest BCUT2D eigenvalue weighted by molar-refractivity contribution is 7.99. The van der Waals surface area contributed by atoms with Gasteiger partial charge < -0.3 is 9.15 Å². The molecule has 0 N–H and O–H groups in total. The van der Waals surface area contributed by atoms with Crippen LogP contribution in [0.5, 0.6) is 5.75 Å². The average molecular weight is 397 g/mol. The molecule has 0 saturated carbocycles. The summed E-state index contributed by atoms with van der Waals surface area (Å²) in [6.07, 6.45) is 0. The van der Waals surface area contributed by atoms with Crippen LogP contribution in [-0.2, 0) is 5.41 Å². The monoisotopic (exact) mass is 396 g/mol. The fourth-order valence-electron chi connectivity index (χ4n) is 2.61. The lowest BCUT2D eigenvalue weighted by Gasteiger charge is -2.18. The van der Waals surface area contributed by atoms with Crippen molar-refractivity contribution in [3.8, 4) is 17.2 Å². The van der Waals surface area contributed by atoms with Crippen molar-refractivity contribution in [1.82, 2.24) is 10.2 Å². The van der Waals surface area contributed by atoms with Crippen LogP contribution in [0.25, 0.3) is 11.5 Å². The van der Waals surface area contributed by atoms with Gasteiger partial charge in [-0.3, -0.25) is 4.79 Å². The van der Waals surface area contributed by atoms with Crippen LogP contribution in [-0.4, -0.2) is 28.3 Å². The summed E-state index contributed by atoms with van der Waals surface area (Å²) in [6, 6.07) is 15.2. The first-order valence-corrected chi connectivity index (χ1v) is 10.2. The molecule has 0 radical (unpaired) electrons. The van der Waals surface area contributed by atoms with Crippen LogP contribution in [0.3, 0.4) is 0 Å². The summed E-state index contributed by atoms with van der Waals surface area (Å²) in [5.41, 5.74) is 2.77. The molecule has 0 bridgehead atoms. The van der Waals surface area contributed by atoms with E-state index in [4.69, 9.17) is 9.15 Å². The first kappa shape index (κ1) is 20.1. The van der Waals surface area contributed by atoms with E-state index in [1.165, 1.54) is 17.3 Å². The van der Waals surface area contributed by atoms with Gasteiger partial charge in [0.1, 0.15) is 5.75 Å². The van der Waals surface area contributed by atoms with Crippen LogP contribution < -0.4 is 4.74 Å². The van der Waals surface area contributed by atoms with Gasteiger partial charge in [-0.2, -0.15) is 0 Å². The number of carbonyl (C=O) groups excluding carboxylic acids is 1. The Balaban J connectivity index is 1.60. The predicted octanol–water partition coefficient (Wildman–Crippen LogP) is 5.41. The molecule has 3 rings (SSSR count). The topological polar surface area (TPSA) is 65.2 Å². The van der Waals surface area contributed by atoms with Gasteiger partial charge in [-0.1, -0.05) is 56.8 Å². The molecule has 146 valence electrons. The molecule has 0 spiro atoms. The number of nitrogens with zero attached hydrogens (tertiary/aromatic N) is 2. The number of Topliss-reactive ketones (excluding diaryl/α,β-unsaturated/α-hetero) is 1. The molecule has 0 aliphatic rings. The zero-order valence-electron chi connectivity index (χ0n) is 16.6. The maximum atomic E-state index is 12.4. The second-order valence-electron chi connectivity index (χ2n) is 7.37. The number of thioether (sulfide) groups is 1. The Morgan fingerprint density at radius 2 is 1.71 bits per heavy atom. The Labute approximate surface area is 169 Å². The molecule has 1 aromatic heterocycles. The Kier molecular flexibility index (Phi) is 6.19. The van der Waals surface area contributed by atoms with Crippen molar-refractivity contribution >= 4 is 17.5 Å². The maximum Gasteiger partial charge on any atom is 0.277 e. The van der Waals surface area contributed by atoms with E-state index in [0.29, 0.717) is 23.3 Å². The summed E-state index contributed by atoms with van der Waals surface area (Å²) < 4.78 is 11.1. The lowest BCUT2D eigenvalue weighted by Crippen LogP contribution is -2.11. The first-order valence-electron chi connectivity index (χ1n) is 9.20. The highest BCUT2D eigenvalue weighted by atomic mass is 32.2. The summed E-state index contributed by atoms with van der Waals surface area (Å²) in [5, 5.41) is 8.47. The minimum atomic E-state index is 0.0336. The zero-order valence-corrected chi connectivity index (χ0v) is 17.4. The third-order valence-corrected chi connectivity index (χ3v) is 5.04. The van der Waals surface area contributed by atoms with Gasteiger partial charge in [0.25, 0.3) is 5.22 Å². The van der Waals surface area contributed by atoms with Crippen LogP contribution in [0.2, 0.25) is 0 Å². The normalized spacial score (nSPS) is 11.4. The summed E-state index contributed by atoms with van der Waals surface area (Å²) in [6.45, 7) is 9.01. The van der Waals surface area contributed by atoms with E-state index in [2.05, 4.69) is 31.0 Å². The van der Waals surface area contributed by atoms with Gasteiger partial charge in [-0.05, 0) is 42.2 Å². The van der Waals surface area contributed by atoms with Crippen molar-refractivity contribution in [2.24, 2.45) is 0 Å². The summed E-state index contributed by atoms with van der Waals surface area (Å²) in [4.78, 5) is 12.4. The van der Waals surface area contributed by atoms with Gasteiger partial charge in [0.2, 0.25) is 5.89 Å². The smallest absolute Gasteiger partial charge is 0.277 e. The molecule has 0 aliphatic heterocycles. The van der Waals surface area contributed by atoms with Gasteiger partial charge in [0.15, 0.2) is 5.78 Å². The largest absolute Gasteiger partial charge is 0.494 e. The molecule has 28 heavy (non-hydrogen) atoms. The molecule has 0 fully saturated rings. The minimum absolute atomic E-state index is 0.0336.